The maximum Gasteiger partial charge on any atom is 0.271 e. The van der Waals surface area contributed by atoms with Crippen LogP contribution in [0.2, 0.25) is 0 Å². The lowest BCUT2D eigenvalue weighted by molar-refractivity contribution is -0.384. The lowest BCUT2D eigenvalue weighted by Crippen LogP contribution is -2.32. The van der Waals surface area contributed by atoms with Gasteiger partial charge in [-0.25, -0.2) is 0 Å². The molecule has 0 saturated carbocycles. The Balaban J connectivity index is 2.17. The van der Waals surface area contributed by atoms with Gasteiger partial charge in [-0.2, -0.15) is 0 Å². The van der Waals surface area contributed by atoms with Crippen LogP contribution in [-0.4, -0.2) is 24.0 Å². The van der Waals surface area contributed by atoms with Gasteiger partial charge in [0.15, 0.2) is 6.10 Å². The predicted molar refractivity (Wildman–Crippen MR) is 94.2 cm³/mol. The molecule has 0 bridgehead atoms. The Bertz CT molecular complexity index is 759. The standard InChI is InChI=1S/C18H20N2O5/c1-4-16(25-14-8-5-12(2)6-9-14)18(21)19-15-11-13(20(22)23)7-10-17(15)24-3/h5-11,16H,4H2,1-3H3,(H,19,21). The van der Waals surface area contributed by atoms with Crippen LogP contribution in [0.4, 0.5) is 11.4 Å². The highest BCUT2D eigenvalue weighted by Crippen LogP contribution is 2.29. The first kappa shape index (κ1) is 18.3. The maximum absolute atomic E-state index is 12.5. The van der Waals surface area contributed by atoms with Crippen LogP contribution in [0, 0.1) is 17.0 Å². The summed E-state index contributed by atoms with van der Waals surface area (Å²) in [5.74, 6) is 0.518. The normalized spacial score (nSPS) is 11.5. The number of anilines is 1. The molecule has 0 saturated heterocycles. The number of amides is 1. The molecule has 0 spiro atoms. The molecule has 1 amide bonds. The fraction of sp³-hybridized carbons (Fsp3) is 0.278. The number of non-ortho nitro benzene ring substituents is 1. The van der Waals surface area contributed by atoms with Crippen LogP contribution in [0.5, 0.6) is 11.5 Å². The zero-order valence-corrected chi connectivity index (χ0v) is 14.3. The highest BCUT2D eigenvalue weighted by atomic mass is 16.6. The second kappa shape index (κ2) is 8.14. The van der Waals surface area contributed by atoms with E-state index in [1.165, 1.54) is 25.3 Å². The van der Waals surface area contributed by atoms with Crippen LogP contribution in [-0.2, 0) is 4.79 Å². The van der Waals surface area contributed by atoms with Crippen LogP contribution in [0.1, 0.15) is 18.9 Å². The molecule has 1 atom stereocenters. The van der Waals surface area contributed by atoms with Crippen molar-refractivity contribution in [1.29, 1.82) is 0 Å². The number of nitro benzene ring substituents is 1. The van der Waals surface area contributed by atoms with Gasteiger partial charge < -0.3 is 14.8 Å². The second-order valence-corrected chi connectivity index (χ2v) is 5.46. The zero-order chi connectivity index (χ0) is 18.4. The number of methoxy groups -OCH3 is 1. The van der Waals surface area contributed by atoms with E-state index in [0.29, 0.717) is 17.9 Å². The van der Waals surface area contributed by atoms with Crippen LogP contribution in [0.3, 0.4) is 0 Å². The van der Waals surface area contributed by atoms with Gasteiger partial charge in [-0.3, -0.25) is 14.9 Å². The van der Waals surface area contributed by atoms with Crippen molar-refractivity contribution in [3.05, 3.63) is 58.1 Å². The number of aryl methyl sites for hydroxylation is 1. The minimum atomic E-state index is -0.730. The Morgan fingerprint density at radius 2 is 1.92 bits per heavy atom. The molecule has 0 radical (unpaired) electrons. The van der Waals surface area contributed by atoms with Gasteiger partial charge in [-0.15, -0.1) is 0 Å². The monoisotopic (exact) mass is 344 g/mol. The Morgan fingerprint density at radius 1 is 1.24 bits per heavy atom. The molecule has 0 aliphatic heterocycles. The first-order chi connectivity index (χ1) is 11.9. The third-order valence-corrected chi connectivity index (χ3v) is 3.61. The van der Waals surface area contributed by atoms with Gasteiger partial charge in [0.1, 0.15) is 11.5 Å². The molecule has 132 valence electrons. The minimum Gasteiger partial charge on any atom is -0.495 e. The summed E-state index contributed by atoms with van der Waals surface area (Å²) < 4.78 is 10.9. The molecule has 7 nitrogen and oxygen atoms in total. The predicted octanol–water partition coefficient (Wildman–Crippen LogP) is 3.71. The van der Waals surface area contributed by atoms with E-state index in [1.807, 2.05) is 26.0 Å². The van der Waals surface area contributed by atoms with Crippen molar-refractivity contribution in [2.24, 2.45) is 0 Å². The van der Waals surface area contributed by atoms with E-state index in [9.17, 15) is 14.9 Å². The van der Waals surface area contributed by atoms with E-state index in [4.69, 9.17) is 9.47 Å². The second-order valence-electron chi connectivity index (χ2n) is 5.46. The quantitative estimate of drug-likeness (QED) is 0.611. The summed E-state index contributed by atoms with van der Waals surface area (Å²) in [6.45, 7) is 3.78. The third-order valence-electron chi connectivity index (χ3n) is 3.61. The van der Waals surface area contributed by atoms with Gasteiger partial charge in [0, 0.05) is 12.1 Å². The third kappa shape index (κ3) is 4.69. The van der Waals surface area contributed by atoms with Crippen molar-refractivity contribution in [1.82, 2.24) is 0 Å². The first-order valence-electron chi connectivity index (χ1n) is 7.81. The number of nitrogens with one attached hydrogen (secondary N) is 1. The fourth-order valence-corrected chi connectivity index (χ4v) is 2.22. The van der Waals surface area contributed by atoms with E-state index >= 15 is 0 Å². The molecule has 7 heteroatoms. The lowest BCUT2D eigenvalue weighted by atomic mass is 10.2. The Morgan fingerprint density at radius 3 is 2.48 bits per heavy atom. The van der Waals surface area contributed by atoms with Gasteiger partial charge in [0.05, 0.1) is 17.7 Å². The van der Waals surface area contributed by atoms with Crippen LogP contribution >= 0.6 is 0 Å². The van der Waals surface area contributed by atoms with E-state index in [2.05, 4.69) is 5.32 Å². The summed E-state index contributed by atoms with van der Waals surface area (Å²) in [5, 5.41) is 13.6. The van der Waals surface area contributed by atoms with Crippen molar-refractivity contribution in [2.75, 3.05) is 12.4 Å². The molecule has 25 heavy (non-hydrogen) atoms. The summed E-state index contributed by atoms with van der Waals surface area (Å²) >= 11 is 0. The molecule has 0 heterocycles. The van der Waals surface area contributed by atoms with Crippen molar-refractivity contribution < 1.29 is 19.2 Å². The van der Waals surface area contributed by atoms with E-state index in [1.54, 1.807) is 12.1 Å². The fourth-order valence-electron chi connectivity index (χ4n) is 2.22. The van der Waals surface area contributed by atoms with Crippen LogP contribution < -0.4 is 14.8 Å². The molecular weight excluding hydrogens is 324 g/mol. The van der Waals surface area contributed by atoms with Crippen LogP contribution in [0.15, 0.2) is 42.5 Å². The van der Waals surface area contributed by atoms with Gasteiger partial charge in [0.25, 0.3) is 11.6 Å². The largest absolute Gasteiger partial charge is 0.495 e. The van der Waals surface area contributed by atoms with E-state index < -0.39 is 16.9 Å². The highest BCUT2D eigenvalue weighted by molar-refractivity contribution is 5.96. The molecule has 2 rings (SSSR count). The molecule has 1 N–H and O–H groups in total. The van der Waals surface area contributed by atoms with Crippen molar-refractivity contribution in [3.63, 3.8) is 0 Å². The van der Waals surface area contributed by atoms with Crippen molar-refractivity contribution in [3.8, 4) is 11.5 Å². The molecule has 0 aliphatic rings. The summed E-state index contributed by atoms with van der Waals surface area (Å²) in [6, 6.07) is 11.4. The number of nitro groups is 1. The Kier molecular flexibility index (Phi) is 5.94. The Labute approximate surface area is 145 Å². The number of ether oxygens (including phenoxy) is 2. The number of hydrogen-bond acceptors (Lipinski definition) is 5. The van der Waals surface area contributed by atoms with Crippen LogP contribution in [0.25, 0.3) is 0 Å². The molecule has 2 aromatic carbocycles. The van der Waals surface area contributed by atoms with Gasteiger partial charge >= 0.3 is 0 Å². The average molecular weight is 344 g/mol. The number of rotatable bonds is 7. The van der Waals surface area contributed by atoms with E-state index in [0.717, 1.165) is 5.56 Å². The van der Waals surface area contributed by atoms with Crippen molar-refractivity contribution in [2.45, 2.75) is 26.4 Å². The lowest BCUT2D eigenvalue weighted by Gasteiger charge is -2.18. The molecule has 0 aliphatic carbocycles. The molecule has 0 aromatic heterocycles. The molecule has 2 aromatic rings. The smallest absolute Gasteiger partial charge is 0.271 e. The van der Waals surface area contributed by atoms with E-state index in [-0.39, 0.29) is 11.4 Å². The SMILES string of the molecule is CCC(Oc1ccc(C)cc1)C(=O)Nc1cc([N+](=O)[O-])ccc1OC. The molecular formula is C18H20N2O5. The average Bonchev–Trinajstić information content (AvgIpc) is 2.60. The number of carbonyl (C=O) groups excluding carboxylic acids is 1. The van der Waals surface area contributed by atoms with Gasteiger partial charge in [-0.05, 0) is 31.5 Å². The number of benzene rings is 2. The van der Waals surface area contributed by atoms with Gasteiger partial charge in [0.2, 0.25) is 0 Å². The zero-order valence-electron chi connectivity index (χ0n) is 14.3. The summed E-state index contributed by atoms with van der Waals surface area (Å²) in [7, 11) is 1.43. The highest BCUT2D eigenvalue weighted by Gasteiger charge is 2.21. The summed E-state index contributed by atoms with van der Waals surface area (Å²) in [6.07, 6.45) is -0.289. The molecule has 0 fully saturated rings. The minimum absolute atomic E-state index is 0.136. The van der Waals surface area contributed by atoms with Crippen molar-refractivity contribution >= 4 is 17.3 Å². The van der Waals surface area contributed by atoms with Gasteiger partial charge in [-0.1, -0.05) is 24.6 Å². The number of hydrogen-bond donors (Lipinski definition) is 1. The molecule has 1 unspecified atom stereocenters. The summed E-state index contributed by atoms with van der Waals surface area (Å²) in [4.78, 5) is 22.9. The Hall–Kier alpha value is -3.09. The topological polar surface area (TPSA) is 90.7 Å². The number of carbonyl (C=O) groups is 1. The summed E-state index contributed by atoms with van der Waals surface area (Å²) in [5.41, 5.74) is 1.18. The number of nitrogens with zero attached hydrogens (tertiary/aromatic N) is 1. The first-order valence-corrected chi connectivity index (χ1v) is 7.81. The maximum atomic E-state index is 12.5.